The monoisotopic (exact) mass is 253 g/mol. The van der Waals surface area contributed by atoms with E-state index < -0.39 is 0 Å². The lowest BCUT2D eigenvalue weighted by atomic mass is 9.79. The van der Waals surface area contributed by atoms with Crippen molar-refractivity contribution in [2.75, 3.05) is 19.8 Å². The molecule has 0 aromatic carbocycles. The molecule has 0 saturated heterocycles. The second kappa shape index (κ2) is 9.35. The van der Waals surface area contributed by atoms with E-state index in [2.05, 4.69) is 19.9 Å². The average Bonchev–Trinajstić information content (AvgIpc) is 2.42. The predicted molar refractivity (Wildman–Crippen MR) is 72.2 cm³/mol. The summed E-state index contributed by atoms with van der Waals surface area (Å²) in [5.74, 6) is 0.823. The fourth-order valence-corrected chi connectivity index (χ4v) is 2.52. The Balaban J connectivity index is 2.18. The van der Waals surface area contributed by atoms with E-state index in [0.717, 1.165) is 38.2 Å². The Morgan fingerprint density at radius 1 is 1.17 bits per heavy atom. The molecule has 3 heteroatoms. The fourth-order valence-electron chi connectivity index (χ4n) is 2.52. The van der Waals surface area contributed by atoms with E-state index in [1.807, 2.05) is 0 Å². The van der Waals surface area contributed by atoms with Gasteiger partial charge in [0.15, 0.2) is 0 Å². The second-order valence-electron chi connectivity index (χ2n) is 5.20. The Labute approximate surface area is 111 Å². The highest BCUT2D eigenvalue weighted by Gasteiger charge is 2.30. The lowest BCUT2D eigenvalue weighted by molar-refractivity contribution is -0.0367. The molecule has 18 heavy (non-hydrogen) atoms. The molecule has 0 spiro atoms. The molecule has 0 aromatic rings. The zero-order valence-electron chi connectivity index (χ0n) is 11.9. The van der Waals surface area contributed by atoms with Crippen molar-refractivity contribution < 1.29 is 9.47 Å². The van der Waals surface area contributed by atoms with E-state index in [-0.39, 0.29) is 12.0 Å². The SMILES string of the molecule is CCCCOCCOC1CC(CC)CCC1C#N. The summed E-state index contributed by atoms with van der Waals surface area (Å²) in [6.07, 6.45) is 6.83. The maximum Gasteiger partial charge on any atom is 0.0737 e. The number of ether oxygens (including phenoxy) is 2. The Bertz CT molecular complexity index is 249. The first-order chi connectivity index (χ1) is 8.81. The summed E-state index contributed by atoms with van der Waals surface area (Å²) in [5, 5.41) is 9.13. The van der Waals surface area contributed by atoms with E-state index in [0.29, 0.717) is 13.2 Å². The standard InChI is InChI=1S/C15H27NO2/c1-3-5-8-17-9-10-18-15-11-13(4-2)6-7-14(15)12-16/h13-15H,3-11H2,1-2H3. The zero-order chi connectivity index (χ0) is 13.2. The Morgan fingerprint density at radius 3 is 2.67 bits per heavy atom. The van der Waals surface area contributed by atoms with Crippen molar-refractivity contribution in [3.8, 4) is 6.07 Å². The predicted octanol–water partition coefficient (Wildman–Crippen LogP) is 3.54. The molecule has 0 radical (unpaired) electrons. The highest BCUT2D eigenvalue weighted by atomic mass is 16.5. The first-order valence-electron chi connectivity index (χ1n) is 7.40. The summed E-state index contributed by atoms with van der Waals surface area (Å²) in [7, 11) is 0. The van der Waals surface area contributed by atoms with Crippen molar-refractivity contribution >= 4 is 0 Å². The topological polar surface area (TPSA) is 42.2 Å². The summed E-state index contributed by atoms with van der Waals surface area (Å²) in [5.41, 5.74) is 0. The van der Waals surface area contributed by atoms with Gasteiger partial charge in [-0.25, -0.2) is 0 Å². The molecular formula is C15H27NO2. The van der Waals surface area contributed by atoms with E-state index >= 15 is 0 Å². The number of hydrogen-bond acceptors (Lipinski definition) is 3. The van der Waals surface area contributed by atoms with Crippen LogP contribution in [0.25, 0.3) is 0 Å². The molecule has 1 rings (SSSR count). The van der Waals surface area contributed by atoms with Gasteiger partial charge in [0.2, 0.25) is 0 Å². The van der Waals surface area contributed by atoms with E-state index in [1.54, 1.807) is 0 Å². The van der Waals surface area contributed by atoms with Crippen LogP contribution in [0, 0.1) is 23.2 Å². The summed E-state index contributed by atoms with van der Waals surface area (Å²) >= 11 is 0. The second-order valence-corrected chi connectivity index (χ2v) is 5.20. The van der Waals surface area contributed by atoms with Gasteiger partial charge in [-0.15, -0.1) is 0 Å². The molecule has 0 bridgehead atoms. The quantitative estimate of drug-likeness (QED) is 0.621. The number of nitrogens with zero attached hydrogens (tertiary/aromatic N) is 1. The third-order valence-electron chi connectivity index (χ3n) is 3.85. The minimum absolute atomic E-state index is 0.0865. The Hall–Kier alpha value is -0.590. The molecule has 3 atom stereocenters. The highest BCUT2D eigenvalue weighted by Crippen LogP contribution is 2.32. The van der Waals surface area contributed by atoms with Gasteiger partial charge in [0.1, 0.15) is 0 Å². The number of hydrogen-bond donors (Lipinski definition) is 0. The van der Waals surface area contributed by atoms with Crippen molar-refractivity contribution in [2.45, 2.75) is 58.5 Å². The Kier molecular flexibility index (Phi) is 8.04. The average molecular weight is 253 g/mol. The van der Waals surface area contributed by atoms with Gasteiger partial charge in [-0.3, -0.25) is 0 Å². The van der Waals surface area contributed by atoms with Crippen LogP contribution < -0.4 is 0 Å². The van der Waals surface area contributed by atoms with Gasteiger partial charge in [0.05, 0.1) is 31.3 Å². The lowest BCUT2D eigenvalue weighted by Gasteiger charge is -2.32. The molecule has 0 heterocycles. The number of unbranched alkanes of at least 4 members (excludes halogenated alkanes) is 1. The van der Waals surface area contributed by atoms with E-state index in [4.69, 9.17) is 14.7 Å². The highest BCUT2D eigenvalue weighted by molar-refractivity contribution is 4.93. The van der Waals surface area contributed by atoms with Gasteiger partial charge in [0, 0.05) is 6.61 Å². The van der Waals surface area contributed by atoms with Gasteiger partial charge in [-0.05, 0) is 31.6 Å². The number of rotatable bonds is 8. The first kappa shape index (κ1) is 15.5. The van der Waals surface area contributed by atoms with Crippen molar-refractivity contribution in [3.63, 3.8) is 0 Å². The minimum Gasteiger partial charge on any atom is -0.379 e. The summed E-state index contributed by atoms with van der Waals surface area (Å²) in [6, 6.07) is 2.39. The van der Waals surface area contributed by atoms with Gasteiger partial charge >= 0.3 is 0 Å². The van der Waals surface area contributed by atoms with Crippen molar-refractivity contribution in [2.24, 2.45) is 11.8 Å². The molecule has 1 aliphatic carbocycles. The van der Waals surface area contributed by atoms with Crippen molar-refractivity contribution in [1.82, 2.24) is 0 Å². The van der Waals surface area contributed by atoms with Crippen LogP contribution in [0.3, 0.4) is 0 Å². The molecule has 0 amide bonds. The van der Waals surface area contributed by atoms with Crippen molar-refractivity contribution in [1.29, 1.82) is 5.26 Å². The van der Waals surface area contributed by atoms with Gasteiger partial charge < -0.3 is 9.47 Å². The molecule has 1 saturated carbocycles. The molecular weight excluding hydrogens is 226 g/mol. The molecule has 0 aliphatic heterocycles. The molecule has 0 aromatic heterocycles. The van der Waals surface area contributed by atoms with E-state index in [9.17, 15) is 0 Å². The molecule has 1 fully saturated rings. The van der Waals surface area contributed by atoms with Gasteiger partial charge in [0.25, 0.3) is 0 Å². The van der Waals surface area contributed by atoms with E-state index in [1.165, 1.54) is 12.8 Å². The summed E-state index contributed by atoms with van der Waals surface area (Å²) < 4.78 is 11.3. The van der Waals surface area contributed by atoms with Gasteiger partial charge in [-0.2, -0.15) is 5.26 Å². The van der Waals surface area contributed by atoms with Crippen LogP contribution in [0.5, 0.6) is 0 Å². The molecule has 104 valence electrons. The molecule has 3 unspecified atom stereocenters. The maximum absolute atomic E-state index is 9.13. The third kappa shape index (κ3) is 5.37. The minimum atomic E-state index is 0.0865. The lowest BCUT2D eigenvalue weighted by Crippen LogP contribution is -2.32. The van der Waals surface area contributed by atoms with Crippen LogP contribution in [0.1, 0.15) is 52.4 Å². The first-order valence-corrected chi connectivity index (χ1v) is 7.40. The van der Waals surface area contributed by atoms with Crippen LogP contribution in [0.15, 0.2) is 0 Å². The normalized spacial score (nSPS) is 27.9. The zero-order valence-corrected chi connectivity index (χ0v) is 11.9. The number of nitriles is 1. The van der Waals surface area contributed by atoms with Crippen LogP contribution in [0.4, 0.5) is 0 Å². The third-order valence-corrected chi connectivity index (χ3v) is 3.85. The summed E-state index contributed by atoms with van der Waals surface area (Å²) in [6.45, 7) is 6.49. The fraction of sp³-hybridized carbons (Fsp3) is 0.933. The van der Waals surface area contributed by atoms with Gasteiger partial charge in [-0.1, -0.05) is 26.7 Å². The largest absolute Gasteiger partial charge is 0.379 e. The van der Waals surface area contributed by atoms with Crippen LogP contribution in [-0.4, -0.2) is 25.9 Å². The molecule has 1 aliphatic rings. The van der Waals surface area contributed by atoms with Crippen LogP contribution in [-0.2, 0) is 9.47 Å². The smallest absolute Gasteiger partial charge is 0.0737 e. The van der Waals surface area contributed by atoms with Crippen LogP contribution >= 0.6 is 0 Å². The maximum atomic E-state index is 9.13. The van der Waals surface area contributed by atoms with Crippen LogP contribution in [0.2, 0.25) is 0 Å². The molecule has 0 N–H and O–H groups in total. The summed E-state index contributed by atoms with van der Waals surface area (Å²) in [4.78, 5) is 0. The Morgan fingerprint density at radius 2 is 2.00 bits per heavy atom. The molecule has 3 nitrogen and oxygen atoms in total. The van der Waals surface area contributed by atoms with Crippen molar-refractivity contribution in [3.05, 3.63) is 0 Å².